The number of hydrogen-bond acceptors (Lipinski definition) is 6. The van der Waals surface area contributed by atoms with Crippen molar-refractivity contribution < 1.29 is 33.8 Å². The lowest BCUT2D eigenvalue weighted by Gasteiger charge is -2.40. The maximum atomic E-state index is 12.7. The molecule has 3 rings (SSSR count). The van der Waals surface area contributed by atoms with Crippen molar-refractivity contribution in [3.63, 3.8) is 0 Å². The molecule has 7 heteroatoms. The number of hydrogen-bond donors (Lipinski definition) is 2. The topological polar surface area (TPSA) is 93.1 Å². The highest BCUT2D eigenvalue weighted by Crippen LogP contribution is 2.45. The minimum Gasteiger partial charge on any atom is -0.458 e. The van der Waals surface area contributed by atoms with E-state index in [9.17, 15) is 19.8 Å². The van der Waals surface area contributed by atoms with E-state index in [1.54, 1.807) is 0 Å². The Labute approximate surface area is 153 Å². The van der Waals surface area contributed by atoms with Gasteiger partial charge in [0.25, 0.3) is 5.72 Å². The van der Waals surface area contributed by atoms with E-state index in [0.29, 0.717) is 36.0 Å². The normalized spacial score (nSPS) is 43.7. The molecule has 2 N–H and O–H groups in total. The zero-order chi connectivity index (χ0) is 19.3. The summed E-state index contributed by atoms with van der Waals surface area (Å²) >= 11 is 0. The third kappa shape index (κ3) is 2.61. The number of ether oxygens (including phenoxy) is 2. The summed E-state index contributed by atoms with van der Waals surface area (Å²) in [5, 5.41) is 22.0. The fourth-order valence-electron chi connectivity index (χ4n) is 4.23. The van der Waals surface area contributed by atoms with Gasteiger partial charge in [-0.05, 0) is 31.4 Å². The smallest absolute Gasteiger partial charge is 0.342 e. The standard InChI is InChI=1S/C19H28NO6/c1-5-13-10-12(2)18(3,23)17(22)25-11-14-6-8-20(4)9-7-15(19(14,20)24)26-16(13)21/h6,13,15,23-24H,2,5,7-11H2,1,3-4H3/q+1/t13?,15-,18?,19+,20?/m1/s1. The number of rotatable bonds is 1. The number of likely N-dealkylation sites (N-methyl/N-ethyl adjacent to an activating group) is 1. The summed E-state index contributed by atoms with van der Waals surface area (Å²) in [6.45, 7) is 8.01. The van der Waals surface area contributed by atoms with Gasteiger partial charge in [-0.15, -0.1) is 0 Å². The summed E-state index contributed by atoms with van der Waals surface area (Å²) in [6.07, 6.45) is 2.29. The number of esters is 2. The first-order valence-corrected chi connectivity index (χ1v) is 9.11. The second-order valence-electron chi connectivity index (χ2n) is 8.03. The molecule has 0 bridgehead atoms. The van der Waals surface area contributed by atoms with E-state index in [2.05, 4.69) is 6.58 Å². The molecule has 0 aliphatic carbocycles. The predicted molar refractivity (Wildman–Crippen MR) is 92.6 cm³/mol. The summed E-state index contributed by atoms with van der Waals surface area (Å²) in [6, 6.07) is 0. The van der Waals surface area contributed by atoms with Gasteiger partial charge in [-0.1, -0.05) is 13.5 Å². The average molecular weight is 366 g/mol. The molecule has 0 spiro atoms. The minimum absolute atomic E-state index is 0.122. The quantitative estimate of drug-likeness (QED) is 0.402. The van der Waals surface area contributed by atoms with E-state index in [1.165, 1.54) is 6.92 Å². The molecule has 144 valence electrons. The molecule has 2 fully saturated rings. The van der Waals surface area contributed by atoms with Crippen LogP contribution in [-0.2, 0) is 19.1 Å². The van der Waals surface area contributed by atoms with Crippen LogP contribution in [-0.4, -0.2) is 70.8 Å². The molecule has 0 aromatic heterocycles. The van der Waals surface area contributed by atoms with Crippen LogP contribution in [0.4, 0.5) is 0 Å². The van der Waals surface area contributed by atoms with Crippen molar-refractivity contribution in [3.05, 3.63) is 23.8 Å². The molecule has 0 radical (unpaired) electrons. The lowest BCUT2D eigenvalue weighted by Crippen LogP contribution is -2.61. The fraction of sp³-hybridized carbons (Fsp3) is 0.684. The molecule has 3 aliphatic heterocycles. The zero-order valence-electron chi connectivity index (χ0n) is 15.7. The van der Waals surface area contributed by atoms with Crippen LogP contribution in [0.15, 0.2) is 23.8 Å². The Bertz CT molecular complexity index is 684. The van der Waals surface area contributed by atoms with Gasteiger partial charge in [0.15, 0.2) is 11.7 Å². The number of quaternary nitrogens is 1. The van der Waals surface area contributed by atoms with E-state index in [0.717, 1.165) is 0 Å². The third-order valence-corrected chi connectivity index (χ3v) is 6.39. The highest BCUT2D eigenvalue weighted by atomic mass is 16.6. The second kappa shape index (κ2) is 6.18. The van der Waals surface area contributed by atoms with Gasteiger partial charge >= 0.3 is 11.9 Å². The molecule has 0 aromatic carbocycles. The van der Waals surface area contributed by atoms with Crippen molar-refractivity contribution >= 4 is 11.9 Å². The van der Waals surface area contributed by atoms with E-state index < -0.39 is 35.3 Å². The Morgan fingerprint density at radius 1 is 1.38 bits per heavy atom. The third-order valence-electron chi connectivity index (χ3n) is 6.39. The molecule has 3 heterocycles. The van der Waals surface area contributed by atoms with E-state index in [-0.39, 0.29) is 18.6 Å². The van der Waals surface area contributed by atoms with Gasteiger partial charge in [-0.25, -0.2) is 4.79 Å². The van der Waals surface area contributed by atoms with Crippen LogP contribution >= 0.6 is 0 Å². The van der Waals surface area contributed by atoms with Gasteiger partial charge in [0, 0.05) is 6.42 Å². The maximum Gasteiger partial charge on any atom is 0.342 e. The molecular weight excluding hydrogens is 338 g/mol. The zero-order valence-corrected chi connectivity index (χ0v) is 15.7. The Balaban J connectivity index is 1.99. The Hall–Kier alpha value is -1.70. The van der Waals surface area contributed by atoms with Crippen molar-refractivity contribution in [1.82, 2.24) is 0 Å². The van der Waals surface area contributed by atoms with Crippen molar-refractivity contribution in [2.45, 2.75) is 50.5 Å². The lowest BCUT2D eigenvalue weighted by molar-refractivity contribution is -0.955. The maximum absolute atomic E-state index is 12.7. The molecule has 3 unspecified atom stereocenters. The summed E-state index contributed by atoms with van der Waals surface area (Å²) in [5.74, 6) is -1.80. The van der Waals surface area contributed by atoms with Crippen LogP contribution in [0.2, 0.25) is 0 Å². The van der Waals surface area contributed by atoms with E-state index in [1.807, 2.05) is 20.0 Å². The minimum atomic E-state index is -1.90. The van der Waals surface area contributed by atoms with Gasteiger partial charge < -0.3 is 19.7 Å². The fourth-order valence-corrected chi connectivity index (χ4v) is 4.23. The highest BCUT2D eigenvalue weighted by molar-refractivity contribution is 5.83. The molecule has 0 aromatic rings. The first kappa shape index (κ1) is 19.1. The number of cyclic esters (lactones) is 1. The molecule has 3 aliphatic rings. The SMILES string of the molecule is C=C1CC(CC)C(=O)O[C@@H]2CC[N+]3(C)CC=C(COC(=O)C1(C)O)[C@]23O. The van der Waals surface area contributed by atoms with Gasteiger partial charge in [0.05, 0.1) is 25.1 Å². The second-order valence-corrected chi connectivity index (χ2v) is 8.03. The summed E-state index contributed by atoms with van der Waals surface area (Å²) < 4.78 is 11.4. The van der Waals surface area contributed by atoms with E-state index >= 15 is 0 Å². The predicted octanol–water partition coefficient (Wildman–Crippen LogP) is 0.657. The van der Waals surface area contributed by atoms with Crippen LogP contribution in [0.1, 0.15) is 33.1 Å². The molecule has 7 nitrogen and oxygen atoms in total. The summed E-state index contributed by atoms with van der Waals surface area (Å²) in [5.41, 5.74) is -2.58. The van der Waals surface area contributed by atoms with Crippen molar-refractivity contribution in [1.29, 1.82) is 0 Å². The molecule has 5 atom stereocenters. The molecule has 2 saturated heterocycles. The number of carbonyl (C=O) groups excluding carboxylic acids is 2. The first-order chi connectivity index (χ1) is 12.1. The molecule has 26 heavy (non-hydrogen) atoms. The Kier molecular flexibility index (Phi) is 4.53. The van der Waals surface area contributed by atoms with Crippen LogP contribution in [0.5, 0.6) is 0 Å². The van der Waals surface area contributed by atoms with Crippen LogP contribution in [0, 0.1) is 5.92 Å². The summed E-state index contributed by atoms with van der Waals surface area (Å²) in [4.78, 5) is 25.2. The molecular formula is C19H28NO6+. The van der Waals surface area contributed by atoms with Crippen molar-refractivity contribution in [3.8, 4) is 0 Å². The Morgan fingerprint density at radius 2 is 2.08 bits per heavy atom. The first-order valence-electron chi connectivity index (χ1n) is 9.11. The number of carbonyl (C=O) groups is 2. The van der Waals surface area contributed by atoms with Gasteiger partial charge in [0.1, 0.15) is 13.2 Å². The monoisotopic (exact) mass is 366 g/mol. The molecule has 0 amide bonds. The van der Waals surface area contributed by atoms with Gasteiger partial charge in [0.2, 0.25) is 0 Å². The number of aliphatic hydroxyl groups is 2. The van der Waals surface area contributed by atoms with Crippen molar-refractivity contribution in [2.75, 3.05) is 26.7 Å². The van der Waals surface area contributed by atoms with Crippen LogP contribution in [0.25, 0.3) is 0 Å². The largest absolute Gasteiger partial charge is 0.458 e. The van der Waals surface area contributed by atoms with Crippen LogP contribution < -0.4 is 0 Å². The molecule has 0 saturated carbocycles. The van der Waals surface area contributed by atoms with Crippen LogP contribution in [0.3, 0.4) is 0 Å². The average Bonchev–Trinajstić information content (AvgIpc) is 2.98. The van der Waals surface area contributed by atoms with Gasteiger partial charge in [-0.3, -0.25) is 9.28 Å². The highest BCUT2D eigenvalue weighted by Gasteiger charge is 2.65. The van der Waals surface area contributed by atoms with Gasteiger partial charge in [-0.2, -0.15) is 0 Å². The van der Waals surface area contributed by atoms with Crippen molar-refractivity contribution in [2.24, 2.45) is 5.92 Å². The number of nitrogens with zero attached hydrogens (tertiary/aromatic N) is 1. The lowest BCUT2D eigenvalue weighted by atomic mass is 9.87. The Morgan fingerprint density at radius 3 is 2.73 bits per heavy atom. The summed E-state index contributed by atoms with van der Waals surface area (Å²) in [7, 11) is 1.90. The van der Waals surface area contributed by atoms with E-state index in [4.69, 9.17) is 9.47 Å².